The molecule has 0 radical (unpaired) electrons. The number of alkyl halides is 3. The standard InChI is InChI=1S/C20H29F3N4O2/c1-3-24-19(26-13-18(28)27-9-5-4-6-10-27)25-12-16-8-7-15(2)11-17(16)29-14-20(21,22)23/h7-8,11H,3-6,9-10,12-14H2,1-2H3,(H2,24,25,26). The van der Waals surface area contributed by atoms with Gasteiger partial charge in [-0.25, -0.2) is 4.99 Å². The predicted molar refractivity (Wildman–Crippen MR) is 106 cm³/mol. The van der Waals surface area contributed by atoms with Gasteiger partial charge in [0.2, 0.25) is 5.91 Å². The minimum absolute atomic E-state index is 0.0137. The van der Waals surface area contributed by atoms with E-state index < -0.39 is 12.8 Å². The summed E-state index contributed by atoms with van der Waals surface area (Å²) in [7, 11) is 0. The number of ether oxygens (including phenoxy) is 1. The van der Waals surface area contributed by atoms with Crippen LogP contribution in [0.15, 0.2) is 23.2 Å². The molecule has 1 aliphatic heterocycles. The largest absolute Gasteiger partial charge is 0.484 e. The minimum Gasteiger partial charge on any atom is -0.484 e. The summed E-state index contributed by atoms with van der Waals surface area (Å²) < 4.78 is 42.5. The van der Waals surface area contributed by atoms with Crippen LogP contribution in [0.2, 0.25) is 0 Å². The highest BCUT2D eigenvalue weighted by atomic mass is 19.4. The summed E-state index contributed by atoms with van der Waals surface area (Å²) in [5.41, 5.74) is 1.34. The van der Waals surface area contributed by atoms with Gasteiger partial charge >= 0.3 is 6.18 Å². The monoisotopic (exact) mass is 414 g/mol. The average Bonchev–Trinajstić information content (AvgIpc) is 2.69. The van der Waals surface area contributed by atoms with Gasteiger partial charge in [0.15, 0.2) is 12.6 Å². The lowest BCUT2D eigenvalue weighted by molar-refractivity contribution is -0.153. The van der Waals surface area contributed by atoms with E-state index in [1.54, 1.807) is 25.1 Å². The third-order valence-corrected chi connectivity index (χ3v) is 4.48. The molecule has 1 aliphatic rings. The quantitative estimate of drug-likeness (QED) is 0.532. The molecular weight excluding hydrogens is 385 g/mol. The molecule has 9 heteroatoms. The van der Waals surface area contributed by atoms with E-state index in [9.17, 15) is 18.0 Å². The van der Waals surface area contributed by atoms with E-state index in [2.05, 4.69) is 15.6 Å². The number of likely N-dealkylation sites (tertiary alicyclic amines) is 1. The van der Waals surface area contributed by atoms with Gasteiger partial charge in [-0.05, 0) is 44.7 Å². The summed E-state index contributed by atoms with van der Waals surface area (Å²) in [6, 6.07) is 5.06. The molecule has 2 N–H and O–H groups in total. The molecule has 1 saturated heterocycles. The molecule has 0 aromatic heterocycles. The molecule has 6 nitrogen and oxygen atoms in total. The molecule has 1 heterocycles. The molecule has 0 atom stereocenters. The second-order valence-electron chi connectivity index (χ2n) is 7.01. The number of piperidine rings is 1. The molecule has 2 rings (SSSR count). The van der Waals surface area contributed by atoms with Crippen LogP contribution in [0, 0.1) is 6.92 Å². The number of hydrogen-bond donors (Lipinski definition) is 2. The lowest BCUT2D eigenvalue weighted by atomic mass is 10.1. The number of rotatable bonds is 7. The van der Waals surface area contributed by atoms with Gasteiger partial charge in [0, 0.05) is 25.2 Å². The van der Waals surface area contributed by atoms with Gasteiger partial charge in [0.1, 0.15) is 5.75 Å². The van der Waals surface area contributed by atoms with Crippen molar-refractivity contribution in [1.82, 2.24) is 15.5 Å². The Hall–Kier alpha value is -2.45. The van der Waals surface area contributed by atoms with Crippen LogP contribution in [0.4, 0.5) is 13.2 Å². The molecule has 0 unspecified atom stereocenters. The van der Waals surface area contributed by atoms with Crippen molar-refractivity contribution in [1.29, 1.82) is 0 Å². The van der Waals surface area contributed by atoms with Crippen molar-refractivity contribution in [2.75, 3.05) is 32.8 Å². The fourth-order valence-electron chi connectivity index (χ4n) is 3.01. The van der Waals surface area contributed by atoms with Crippen LogP contribution in [0.5, 0.6) is 5.75 Å². The molecule has 0 spiro atoms. The Labute approximate surface area is 169 Å². The summed E-state index contributed by atoms with van der Waals surface area (Å²) in [6.45, 7) is 4.72. The van der Waals surface area contributed by atoms with Crippen LogP contribution >= 0.6 is 0 Å². The zero-order valence-electron chi connectivity index (χ0n) is 16.9. The number of aryl methyl sites for hydroxylation is 1. The third kappa shape index (κ3) is 8.21. The summed E-state index contributed by atoms with van der Waals surface area (Å²) in [6.07, 6.45) is -1.21. The number of aliphatic imine (C=N–C) groups is 1. The molecule has 162 valence electrons. The second-order valence-corrected chi connectivity index (χ2v) is 7.01. The van der Waals surface area contributed by atoms with E-state index >= 15 is 0 Å². The first-order valence-corrected chi connectivity index (χ1v) is 9.87. The van der Waals surface area contributed by atoms with E-state index in [0.717, 1.165) is 37.9 Å². The molecule has 1 amide bonds. The van der Waals surface area contributed by atoms with Gasteiger partial charge in [0.25, 0.3) is 0 Å². The third-order valence-electron chi connectivity index (χ3n) is 4.48. The Morgan fingerprint density at radius 3 is 2.59 bits per heavy atom. The second kappa shape index (κ2) is 10.9. The number of nitrogens with one attached hydrogen (secondary N) is 2. The van der Waals surface area contributed by atoms with Crippen molar-refractivity contribution in [3.05, 3.63) is 29.3 Å². The first-order valence-electron chi connectivity index (χ1n) is 9.87. The maximum absolute atomic E-state index is 12.5. The molecule has 0 bridgehead atoms. The highest BCUT2D eigenvalue weighted by Gasteiger charge is 2.28. The number of nitrogens with zero attached hydrogens (tertiary/aromatic N) is 2. The average molecular weight is 414 g/mol. The van der Waals surface area contributed by atoms with Gasteiger partial charge in [-0.2, -0.15) is 13.2 Å². The van der Waals surface area contributed by atoms with Crippen molar-refractivity contribution >= 4 is 11.9 Å². The van der Waals surface area contributed by atoms with Crippen LogP contribution < -0.4 is 15.4 Å². The van der Waals surface area contributed by atoms with E-state index in [1.165, 1.54) is 0 Å². The number of carbonyl (C=O) groups excluding carboxylic acids is 1. The van der Waals surface area contributed by atoms with Gasteiger partial charge in [0.05, 0.1) is 13.1 Å². The van der Waals surface area contributed by atoms with Crippen LogP contribution in [-0.2, 0) is 11.3 Å². The van der Waals surface area contributed by atoms with Crippen molar-refractivity contribution in [3.63, 3.8) is 0 Å². The van der Waals surface area contributed by atoms with Crippen LogP contribution in [0.1, 0.15) is 37.3 Å². The SMILES string of the molecule is CCNC(=NCc1ccc(C)cc1OCC(F)(F)F)NCC(=O)N1CCCCC1. The normalized spacial score (nSPS) is 15.2. The van der Waals surface area contributed by atoms with E-state index in [-0.39, 0.29) is 24.7 Å². The number of hydrogen-bond acceptors (Lipinski definition) is 3. The van der Waals surface area contributed by atoms with Gasteiger partial charge in [-0.15, -0.1) is 0 Å². The highest BCUT2D eigenvalue weighted by molar-refractivity contribution is 5.86. The first kappa shape index (κ1) is 22.8. The van der Waals surface area contributed by atoms with Crippen LogP contribution in [-0.4, -0.2) is 55.7 Å². The molecule has 0 aliphatic carbocycles. The molecule has 1 aromatic rings. The highest BCUT2D eigenvalue weighted by Crippen LogP contribution is 2.24. The molecular formula is C20H29F3N4O2. The van der Waals surface area contributed by atoms with Crippen molar-refractivity contribution < 1.29 is 22.7 Å². The summed E-state index contributed by atoms with van der Waals surface area (Å²) in [4.78, 5) is 18.5. The fourth-order valence-corrected chi connectivity index (χ4v) is 3.01. The smallest absolute Gasteiger partial charge is 0.422 e. The molecule has 0 saturated carbocycles. The maximum atomic E-state index is 12.5. The summed E-state index contributed by atoms with van der Waals surface area (Å²) in [5.74, 6) is 0.603. The number of amides is 1. The maximum Gasteiger partial charge on any atom is 0.422 e. The topological polar surface area (TPSA) is 66.0 Å². The van der Waals surface area contributed by atoms with Crippen molar-refractivity contribution in [2.24, 2.45) is 4.99 Å². The lowest BCUT2D eigenvalue weighted by Crippen LogP contribution is -2.46. The number of halogens is 3. The van der Waals surface area contributed by atoms with Crippen molar-refractivity contribution in [2.45, 2.75) is 45.8 Å². The summed E-state index contributed by atoms with van der Waals surface area (Å²) in [5, 5.41) is 6.05. The van der Waals surface area contributed by atoms with E-state index in [4.69, 9.17) is 4.74 Å². The zero-order valence-corrected chi connectivity index (χ0v) is 16.9. The molecule has 1 aromatic carbocycles. The van der Waals surface area contributed by atoms with Gasteiger partial charge in [-0.3, -0.25) is 4.79 Å². The van der Waals surface area contributed by atoms with Gasteiger partial charge < -0.3 is 20.3 Å². The number of benzene rings is 1. The zero-order chi connectivity index (χ0) is 21.3. The Morgan fingerprint density at radius 2 is 1.93 bits per heavy atom. The minimum atomic E-state index is -4.41. The predicted octanol–water partition coefficient (Wildman–Crippen LogP) is 3.00. The first-order chi connectivity index (χ1) is 13.8. The van der Waals surface area contributed by atoms with Crippen molar-refractivity contribution in [3.8, 4) is 5.75 Å². The van der Waals surface area contributed by atoms with E-state index in [0.29, 0.717) is 18.1 Å². The summed E-state index contributed by atoms with van der Waals surface area (Å²) >= 11 is 0. The fraction of sp³-hybridized carbons (Fsp3) is 0.600. The Morgan fingerprint density at radius 1 is 1.21 bits per heavy atom. The number of guanidine groups is 1. The molecule has 29 heavy (non-hydrogen) atoms. The van der Waals surface area contributed by atoms with Crippen LogP contribution in [0.3, 0.4) is 0 Å². The Kier molecular flexibility index (Phi) is 8.60. The number of carbonyl (C=O) groups is 1. The van der Waals surface area contributed by atoms with E-state index in [1.807, 2.05) is 11.8 Å². The lowest BCUT2D eigenvalue weighted by Gasteiger charge is -2.27. The van der Waals surface area contributed by atoms with Gasteiger partial charge in [-0.1, -0.05) is 12.1 Å². The Balaban J connectivity index is 2.00. The Bertz CT molecular complexity index is 701. The molecule has 1 fully saturated rings. The van der Waals surface area contributed by atoms with Crippen LogP contribution in [0.25, 0.3) is 0 Å².